The van der Waals surface area contributed by atoms with Gasteiger partial charge in [-0.3, -0.25) is 9.69 Å². The fourth-order valence-electron chi connectivity index (χ4n) is 3.42. The number of likely N-dealkylation sites (tertiary alicyclic amines) is 1. The van der Waals surface area contributed by atoms with Crippen LogP contribution in [-0.2, 0) is 14.3 Å². The van der Waals surface area contributed by atoms with Crippen molar-refractivity contribution in [1.82, 2.24) is 4.90 Å². The fraction of sp³-hybridized carbons (Fsp3) is 0.929. The molecular weight excluding hydrogens is 230 g/mol. The Kier molecular flexibility index (Phi) is 5.01. The maximum atomic E-state index is 11.9. The summed E-state index contributed by atoms with van der Waals surface area (Å²) in [6, 6.07) is 0.470. The Morgan fingerprint density at radius 2 is 1.94 bits per heavy atom. The molecule has 104 valence electrons. The third-order valence-corrected chi connectivity index (χ3v) is 4.42. The number of methoxy groups -OCH3 is 2. The molecule has 2 fully saturated rings. The minimum absolute atomic E-state index is 0.0237. The number of nitrogens with zero attached hydrogens (tertiary/aromatic N) is 1. The Bertz CT molecular complexity index is 282. The van der Waals surface area contributed by atoms with Gasteiger partial charge in [0.25, 0.3) is 0 Å². The van der Waals surface area contributed by atoms with E-state index in [1.54, 1.807) is 7.11 Å². The summed E-state index contributed by atoms with van der Waals surface area (Å²) in [6.45, 7) is 1.03. The van der Waals surface area contributed by atoms with E-state index in [-0.39, 0.29) is 12.0 Å². The molecule has 0 amide bonds. The summed E-state index contributed by atoms with van der Waals surface area (Å²) in [6.07, 6.45) is 8.25. The second kappa shape index (κ2) is 6.53. The number of ether oxygens (including phenoxy) is 2. The van der Waals surface area contributed by atoms with Crippen LogP contribution in [0.15, 0.2) is 0 Å². The van der Waals surface area contributed by atoms with Crippen LogP contribution >= 0.6 is 0 Å². The Morgan fingerprint density at radius 3 is 2.67 bits per heavy atom. The molecule has 0 spiro atoms. The van der Waals surface area contributed by atoms with Crippen molar-refractivity contribution in [2.24, 2.45) is 0 Å². The van der Waals surface area contributed by atoms with Gasteiger partial charge in [0.05, 0.1) is 13.2 Å². The smallest absolute Gasteiger partial charge is 0.323 e. The molecule has 1 heterocycles. The van der Waals surface area contributed by atoms with E-state index in [0.29, 0.717) is 12.1 Å². The molecule has 1 saturated carbocycles. The maximum Gasteiger partial charge on any atom is 0.323 e. The molecule has 18 heavy (non-hydrogen) atoms. The summed E-state index contributed by atoms with van der Waals surface area (Å²) in [5.41, 5.74) is 0. The van der Waals surface area contributed by atoms with Gasteiger partial charge in [-0.05, 0) is 45.1 Å². The highest BCUT2D eigenvalue weighted by Crippen LogP contribution is 2.30. The lowest BCUT2D eigenvalue weighted by Gasteiger charge is -2.42. The summed E-state index contributed by atoms with van der Waals surface area (Å²) >= 11 is 0. The van der Waals surface area contributed by atoms with Crippen molar-refractivity contribution in [3.05, 3.63) is 0 Å². The highest BCUT2D eigenvalue weighted by molar-refractivity contribution is 5.75. The molecule has 3 atom stereocenters. The second-order valence-electron chi connectivity index (χ2n) is 5.45. The zero-order valence-corrected chi connectivity index (χ0v) is 11.6. The van der Waals surface area contributed by atoms with Crippen molar-refractivity contribution >= 4 is 5.97 Å². The van der Waals surface area contributed by atoms with Crippen LogP contribution in [-0.4, -0.2) is 49.8 Å². The van der Waals surface area contributed by atoms with E-state index in [2.05, 4.69) is 4.90 Å². The summed E-state index contributed by atoms with van der Waals surface area (Å²) in [4.78, 5) is 14.3. The number of piperidine rings is 1. The molecule has 1 saturated heterocycles. The van der Waals surface area contributed by atoms with Gasteiger partial charge in [-0.25, -0.2) is 0 Å². The summed E-state index contributed by atoms with van der Waals surface area (Å²) < 4.78 is 10.4. The van der Waals surface area contributed by atoms with Crippen LogP contribution in [0, 0.1) is 0 Å². The fourth-order valence-corrected chi connectivity index (χ4v) is 3.42. The molecule has 0 N–H and O–H groups in total. The molecule has 3 unspecified atom stereocenters. The van der Waals surface area contributed by atoms with Crippen molar-refractivity contribution in [2.75, 3.05) is 20.8 Å². The SMILES string of the molecule is COC(=O)C1CCCCN1C1CCCC(OC)C1. The van der Waals surface area contributed by atoms with Crippen molar-refractivity contribution in [1.29, 1.82) is 0 Å². The first-order valence-corrected chi connectivity index (χ1v) is 7.12. The van der Waals surface area contributed by atoms with E-state index >= 15 is 0 Å². The van der Waals surface area contributed by atoms with E-state index in [1.807, 2.05) is 0 Å². The Morgan fingerprint density at radius 1 is 1.11 bits per heavy atom. The van der Waals surface area contributed by atoms with Crippen LogP contribution in [0.2, 0.25) is 0 Å². The molecule has 1 aliphatic heterocycles. The van der Waals surface area contributed by atoms with Crippen LogP contribution in [0.4, 0.5) is 0 Å². The Labute approximate surface area is 110 Å². The highest BCUT2D eigenvalue weighted by atomic mass is 16.5. The van der Waals surface area contributed by atoms with Crippen molar-refractivity contribution in [3.63, 3.8) is 0 Å². The number of esters is 1. The second-order valence-corrected chi connectivity index (χ2v) is 5.45. The van der Waals surface area contributed by atoms with Gasteiger partial charge in [-0.15, -0.1) is 0 Å². The van der Waals surface area contributed by atoms with Gasteiger partial charge >= 0.3 is 5.97 Å². The van der Waals surface area contributed by atoms with E-state index in [0.717, 1.165) is 32.2 Å². The number of hydrogen-bond donors (Lipinski definition) is 0. The average Bonchev–Trinajstić information content (AvgIpc) is 2.46. The van der Waals surface area contributed by atoms with Crippen LogP contribution in [0.3, 0.4) is 0 Å². The topological polar surface area (TPSA) is 38.8 Å². The predicted octanol–water partition coefficient (Wildman–Crippen LogP) is 1.97. The minimum atomic E-state index is -0.0609. The maximum absolute atomic E-state index is 11.9. The molecule has 0 bridgehead atoms. The third-order valence-electron chi connectivity index (χ3n) is 4.42. The van der Waals surface area contributed by atoms with Crippen LogP contribution < -0.4 is 0 Å². The number of carbonyl (C=O) groups excluding carboxylic acids is 1. The summed E-state index contributed by atoms with van der Waals surface area (Å²) in [5.74, 6) is -0.0609. The number of carbonyl (C=O) groups is 1. The summed E-state index contributed by atoms with van der Waals surface area (Å²) in [5, 5.41) is 0. The Hall–Kier alpha value is -0.610. The van der Waals surface area contributed by atoms with Crippen LogP contribution in [0.25, 0.3) is 0 Å². The lowest BCUT2D eigenvalue weighted by Crippen LogP contribution is -2.52. The van der Waals surface area contributed by atoms with Crippen LogP contribution in [0.5, 0.6) is 0 Å². The van der Waals surface area contributed by atoms with Gasteiger partial charge in [0.1, 0.15) is 6.04 Å². The van der Waals surface area contributed by atoms with Gasteiger partial charge in [0, 0.05) is 13.2 Å². The highest BCUT2D eigenvalue weighted by Gasteiger charge is 2.36. The molecular formula is C14H25NO3. The first-order chi connectivity index (χ1) is 8.76. The molecule has 0 aromatic carbocycles. The molecule has 4 nitrogen and oxygen atoms in total. The molecule has 0 radical (unpaired) electrons. The van der Waals surface area contributed by atoms with Crippen molar-refractivity contribution < 1.29 is 14.3 Å². The van der Waals surface area contributed by atoms with E-state index in [9.17, 15) is 4.79 Å². The van der Waals surface area contributed by atoms with E-state index in [4.69, 9.17) is 9.47 Å². The minimum Gasteiger partial charge on any atom is -0.468 e. The lowest BCUT2D eigenvalue weighted by molar-refractivity contribution is -0.150. The summed E-state index contributed by atoms with van der Waals surface area (Å²) in [7, 11) is 3.29. The predicted molar refractivity (Wildman–Crippen MR) is 69.4 cm³/mol. The van der Waals surface area contributed by atoms with Gasteiger partial charge in [0.15, 0.2) is 0 Å². The number of hydrogen-bond acceptors (Lipinski definition) is 4. The van der Waals surface area contributed by atoms with E-state index in [1.165, 1.54) is 26.4 Å². The lowest BCUT2D eigenvalue weighted by atomic mass is 9.88. The monoisotopic (exact) mass is 255 g/mol. The van der Waals surface area contributed by atoms with Gasteiger partial charge < -0.3 is 9.47 Å². The zero-order valence-electron chi connectivity index (χ0n) is 11.6. The molecule has 4 heteroatoms. The van der Waals surface area contributed by atoms with Crippen molar-refractivity contribution in [2.45, 2.75) is 63.1 Å². The van der Waals surface area contributed by atoms with Gasteiger partial charge in [0.2, 0.25) is 0 Å². The van der Waals surface area contributed by atoms with Crippen molar-refractivity contribution in [3.8, 4) is 0 Å². The molecule has 1 aliphatic carbocycles. The van der Waals surface area contributed by atoms with Gasteiger partial charge in [-0.1, -0.05) is 6.42 Å². The first kappa shape index (κ1) is 13.8. The van der Waals surface area contributed by atoms with Gasteiger partial charge in [-0.2, -0.15) is 0 Å². The first-order valence-electron chi connectivity index (χ1n) is 7.12. The molecule has 0 aromatic heterocycles. The Balaban J connectivity index is 2.01. The third kappa shape index (κ3) is 3.04. The molecule has 2 aliphatic rings. The normalized spacial score (nSPS) is 34.2. The van der Waals surface area contributed by atoms with E-state index < -0.39 is 0 Å². The average molecular weight is 255 g/mol. The largest absolute Gasteiger partial charge is 0.468 e. The zero-order chi connectivity index (χ0) is 13.0. The number of rotatable bonds is 3. The van der Waals surface area contributed by atoms with Crippen LogP contribution in [0.1, 0.15) is 44.9 Å². The molecule has 0 aromatic rings. The quantitative estimate of drug-likeness (QED) is 0.723. The standard InChI is InChI=1S/C14H25NO3/c1-17-12-7-5-6-11(10-12)15-9-4-3-8-13(15)14(16)18-2/h11-13H,3-10H2,1-2H3. The molecule has 2 rings (SSSR count).